The van der Waals surface area contributed by atoms with Gasteiger partial charge in [-0.3, -0.25) is 0 Å². The lowest BCUT2D eigenvalue weighted by atomic mass is 9.96. The van der Waals surface area contributed by atoms with E-state index in [-0.39, 0.29) is 0 Å². The summed E-state index contributed by atoms with van der Waals surface area (Å²) >= 11 is 0. The third-order valence-electron chi connectivity index (χ3n) is 2.08. The third-order valence-corrected chi connectivity index (χ3v) is 2.08. The normalized spacial score (nSPS) is 10.1. The van der Waals surface area contributed by atoms with Crippen molar-refractivity contribution in [2.75, 3.05) is 0 Å². The van der Waals surface area contributed by atoms with Crippen molar-refractivity contribution in [3.63, 3.8) is 0 Å². The summed E-state index contributed by atoms with van der Waals surface area (Å²) < 4.78 is 0. The highest BCUT2D eigenvalue weighted by atomic mass is 16.1. The molecule has 0 atom stereocenters. The summed E-state index contributed by atoms with van der Waals surface area (Å²) in [7, 11) is 0. The van der Waals surface area contributed by atoms with E-state index >= 15 is 0 Å². The monoisotopic (exact) mass is 176 g/mol. The molecule has 0 aliphatic rings. The van der Waals surface area contributed by atoms with E-state index < -0.39 is 5.92 Å². The van der Waals surface area contributed by atoms with Gasteiger partial charge in [-0.05, 0) is 25.0 Å². The van der Waals surface area contributed by atoms with E-state index in [1.54, 1.807) is 0 Å². The van der Waals surface area contributed by atoms with Gasteiger partial charge in [0.15, 0.2) is 0 Å². The number of benzene rings is 1. The maximum atomic E-state index is 10.5. The van der Waals surface area contributed by atoms with E-state index in [0.717, 1.165) is 16.7 Å². The SMILES string of the molecule is Cc1ccc(C(C=O)C=O)c(C)c1. The molecule has 1 aromatic carbocycles. The minimum absolute atomic E-state index is 0.611. The fourth-order valence-electron chi connectivity index (χ4n) is 1.38. The molecule has 0 saturated heterocycles. The average Bonchev–Trinajstić information content (AvgIpc) is 2.10. The van der Waals surface area contributed by atoms with Crippen LogP contribution in [-0.4, -0.2) is 12.6 Å². The van der Waals surface area contributed by atoms with Crippen molar-refractivity contribution in [1.29, 1.82) is 0 Å². The van der Waals surface area contributed by atoms with Crippen LogP contribution in [0.25, 0.3) is 0 Å². The molecule has 0 bridgehead atoms. The highest BCUT2D eigenvalue weighted by molar-refractivity contribution is 5.85. The molecule has 0 aromatic heterocycles. The van der Waals surface area contributed by atoms with Crippen molar-refractivity contribution in [3.8, 4) is 0 Å². The van der Waals surface area contributed by atoms with E-state index in [4.69, 9.17) is 0 Å². The van der Waals surface area contributed by atoms with E-state index in [2.05, 4.69) is 0 Å². The molecular formula is C11H12O2. The molecule has 0 radical (unpaired) electrons. The number of hydrogen-bond acceptors (Lipinski definition) is 2. The fourth-order valence-corrected chi connectivity index (χ4v) is 1.38. The quantitative estimate of drug-likeness (QED) is 0.519. The van der Waals surface area contributed by atoms with Gasteiger partial charge in [-0.15, -0.1) is 0 Å². The van der Waals surface area contributed by atoms with Crippen LogP contribution in [0.4, 0.5) is 0 Å². The molecule has 0 aliphatic heterocycles. The molecule has 0 heterocycles. The number of rotatable bonds is 3. The zero-order chi connectivity index (χ0) is 9.84. The second-order valence-corrected chi connectivity index (χ2v) is 3.16. The second-order valence-electron chi connectivity index (χ2n) is 3.16. The first-order chi connectivity index (χ1) is 6.19. The van der Waals surface area contributed by atoms with Crippen LogP contribution in [0.2, 0.25) is 0 Å². The predicted molar refractivity (Wildman–Crippen MR) is 50.8 cm³/mol. The van der Waals surface area contributed by atoms with Gasteiger partial charge in [-0.25, -0.2) is 0 Å². The van der Waals surface area contributed by atoms with Crippen molar-refractivity contribution >= 4 is 12.6 Å². The standard InChI is InChI=1S/C11H12O2/c1-8-3-4-11(9(2)5-8)10(6-12)7-13/h3-7,10H,1-2H3. The Morgan fingerprint density at radius 1 is 1.15 bits per heavy atom. The second kappa shape index (κ2) is 3.99. The predicted octanol–water partition coefficient (Wildman–Crippen LogP) is 1.78. The van der Waals surface area contributed by atoms with Gasteiger partial charge in [0, 0.05) is 0 Å². The number of aldehydes is 2. The largest absolute Gasteiger partial charge is 0.302 e. The van der Waals surface area contributed by atoms with Crippen LogP contribution in [0.1, 0.15) is 22.6 Å². The summed E-state index contributed by atoms with van der Waals surface area (Å²) in [6.07, 6.45) is 1.34. The Balaban J connectivity index is 3.13. The number of aryl methyl sites for hydroxylation is 2. The highest BCUT2D eigenvalue weighted by Gasteiger charge is 2.10. The highest BCUT2D eigenvalue weighted by Crippen LogP contribution is 2.17. The maximum absolute atomic E-state index is 10.5. The summed E-state index contributed by atoms with van der Waals surface area (Å²) in [6, 6.07) is 5.70. The summed E-state index contributed by atoms with van der Waals surface area (Å²) in [5, 5.41) is 0. The van der Waals surface area contributed by atoms with Gasteiger partial charge in [0.25, 0.3) is 0 Å². The molecule has 0 unspecified atom stereocenters. The van der Waals surface area contributed by atoms with Gasteiger partial charge >= 0.3 is 0 Å². The molecule has 2 nitrogen and oxygen atoms in total. The van der Waals surface area contributed by atoms with Crippen LogP contribution >= 0.6 is 0 Å². The van der Waals surface area contributed by atoms with Gasteiger partial charge in [-0.2, -0.15) is 0 Å². The first-order valence-corrected chi connectivity index (χ1v) is 4.16. The summed E-state index contributed by atoms with van der Waals surface area (Å²) in [5.74, 6) is -0.611. The molecule has 0 aliphatic carbocycles. The first kappa shape index (κ1) is 9.65. The zero-order valence-electron chi connectivity index (χ0n) is 7.78. The lowest BCUT2D eigenvalue weighted by molar-refractivity contribution is -0.116. The van der Waals surface area contributed by atoms with Gasteiger partial charge in [0.05, 0.1) is 5.92 Å². The molecule has 1 rings (SSSR count). The van der Waals surface area contributed by atoms with Crippen LogP contribution in [0.15, 0.2) is 18.2 Å². The lowest BCUT2D eigenvalue weighted by Gasteiger charge is -2.07. The Morgan fingerprint density at radius 2 is 1.77 bits per heavy atom. The van der Waals surface area contributed by atoms with Gasteiger partial charge < -0.3 is 9.59 Å². The van der Waals surface area contributed by atoms with Crippen molar-refractivity contribution in [2.45, 2.75) is 19.8 Å². The number of carbonyl (C=O) groups is 2. The van der Waals surface area contributed by atoms with Gasteiger partial charge in [-0.1, -0.05) is 23.8 Å². The minimum Gasteiger partial charge on any atom is -0.302 e. The van der Waals surface area contributed by atoms with Crippen molar-refractivity contribution in [3.05, 3.63) is 34.9 Å². The topological polar surface area (TPSA) is 34.1 Å². The molecule has 68 valence electrons. The maximum Gasteiger partial charge on any atom is 0.134 e. The first-order valence-electron chi connectivity index (χ1n) is 4.16. The molecule has 2 heteroatoms. The van der Waals surface area contributed by atoms with Crippen LogP contribution in [-0.2, 0) is 9.59 Å². The summed E-state index contributed by atoms with van der Waals surface area (Å²) in [5.41, 5.74) is 2.93. The van der Waals surface area contributed by atoms with E-state index in [1.807, 2.05) is 32.0 Å². The number of carbonyl (C=O) groups excluding carboxylic acids is 2. The smallest absolute Gasteiger partial charge is 0.134 e. The Morgan fingerprint density at radius 3 is 2.23 bits per heavy atom. The molecule has 13 heavy (non-hydrogen) atoms. The Kier molecular flexibility index (Phi) is 2.96. The van der Waals surface area contributed by atoms with Crippen LogP contribution in [0, 0.1) is 13.8 Å². The molecule has 0 saturated carbocycles. The van der Waals surface area contributed by atoms with Gasteiger partial charge in [0.1, 0.15) is 12.6 Å². The van der Waals surface area contributed by atoms with E-state index in [1.165, 1.54) is 0 Å². The van der Waals surface area contributed by atoms with Crippen molar-refractivity contribution < 1.29 is 9.59 Å². The fraction of sp³-hybridized carbons (Fsp3) is 0.273. The van der Waals surface area contributed by atoms with E-state index in [9.17, 15) is 9.59 Å². The Labute approximate surface area is 77.6 Å². The van der Waals surface area contributed by atoms with Crippen molar-refractivity contribution in [2.24, 2.45) is 0 Å². The summed E-state index contributed by atoms with van der Waals surface area (Å²) in [6.45, 7) is 3.88. The minimum atomic E-state index is -0.611. The lowest BCUT2D eigenvalue weighted by Crippen LogP contribution is -2.03. The van der Waals surface area contributed by atoms with E-state index in [0.29, 0.717) is 12.6 Å². The Hall–Kier alpha value is -1.44. The molecular weight excluding hydrogens is 164 g/mol. The molecule has 0 N–H and O–H groups in total. The number of hydrogen-bond donors (Lipinski definition) is 0. The summed E-state index contributed by atoms with van der Waals surface area (Å²) in [4.78, 5) is 21.1. The molecule has 1 aromatic rings. The van der Waals surface area contributed by atoms with Crippen LogP contribution < -0.4 is 0 Å². The third kappa shape index (κ3) is 2.02. The van der Waals surface area contributed by atoms with Crippen LogP contribution in [0.3, 0.4) is 0 Å². The zero-order valence-corrected chi connectivity index (χ0v) is 7.78. The Bertz CT molecular complexity index is 321. The van der Waals surface area contributed by atoms with Crippen molar-refractivity contribution in [1.82, 2.24) is 0 Å². The van der Waals surface area contributed by atoms with Crippen LogP contribution in [0.5, 0.6) is 0 Å². The molecule has 0 amide bonds. The molecule has 0 spiro atoms. The van der Waals surface area contributed by atoms with Gasteiger partial charge in [0.2, 0.25) is 0 Å². The molecule has 0 fully saturated rings. The average molecular weight is 176 g/mol.